The maximum absolute atomic E-state index is 10.6. The lowest BCUT2D eigenvalue weighted by Crippen LogP contribution is -2.08. The minimum Gasteiger partial charge on any atom is -0.477 e. The zero-order chi connectivity index (χ0) is 9.14. The Morgan fingerprint density at radius 1 is 1.75 bits per heavy atom. The van der Waals surface area contributed by atoms with Crippen LogP contribution in [0.4, 0.5) is 0 Å². The van der Waals surface area contributed by atoms with Gasteiger partial charge in [-0.25, -0.2) is 4.79 Å². The largest absolute Gasteiger partial charge is 0.477 e. The molecule has 0 fully saturated rings. The fraction of sp³-hybridized carbons (Fsp3) is 0.375. The fourth-order valence-electron chi connectivity index (χ4n) is 1.08. The molecule has 1 heterocycles. The summed E-state index contributed by atoms with van der Waals surface area (Å²) in [5.74, 6) is -0.930. The third kappa shape index (κ3) is 1.65. The van der Waals surface area contributed by atoms with Gasteiger partial charge < -0.3 is 14.4 Å². The van der Waals surface area contributed by atoms with Gasteiger partial charge in [-0.05, 0) is 18.6 Å². The molecule has 12 heavy (non-hydrogen) atoms. The number of hydrogen-bond donors (Lipinski definition) is 1. The van der Waals surface area contributed by atoms with Gasteiger partial charge in [0.1, 0.15) is 12.4 Å². The van der Waals surface area contributed by atoms with Gasteiger partial charge in [-0.3, -0.25) is 0 Å². The van der Waals surface area contributed by atoms with Crippen LogP contribution in [-0.4, -0.2) is 22.8 Å². The van der Waals surface area contributed by atoms with Crippen molar-refractivity contribution >= 4 is 5.97 Å². The van der Waals surface area contributed by atoms with Gasteiger partial charge in [0.15, 0.2) is 0 Å². The van der Waals surface area contributed by atoms with E-state index in [0.717, 1.165) is 5.56 Å². The minimum absolute atomic E-state index is 0.259. The van der Waals surface area contributed by atoms with Crippen LogP contribution in [0.15, 0.2) is 12.3 Å². The van der Waals surface area contributed by atoms with Gasteiger partial charge in [0.25, 0.3) is 0 Å². The Hall–Kier alpha value is -1.29. The lowest BCUT2D eigenvalue weighted by molar-refractivity contribution is 0.0661. The highest BCUT2D eigenvalue weighted by atomic mass is 16.5. The molecular formula is C8H11NO3. The van der Waals surface area contributed by atoms with Crippen LogP contribution in [0.3, 0.4) is 0 Å². The van der Waals surface area contributed by atoms with Gasteiger partial charge in [-0.1, -0.05) is 0 Å². The summed E-state index contributed by atoms with van der Waals surface area (Å²) in [7, 11) is 1.53. The molecule has 0 atom stereocenters. The number of hydrogen-bond acceptors (Lipinski definition) is 2. The highest BCUT2D eigenvalue weighted by Crippen LogP contribution is 2.07. The molecule has 1 N–H and O–H groups in total. The van der Waals surface area contributed by atoms with Gasteiger partial charge in [0.05, 0.1) is 0 Å². The molecule has 0 radical (unpaired) electrons. The summed E-state index contributed by atoms with van der Waals surface area (Å²) < 4.78 is 6.38. The first kappa shape index (κ1) is 8.80. The SMILES string of the molecule is COCn1cc(C)cc1C(=O)O. The lowest BCUT2D eigenvalue weighted by Gasteiger charge is -2.02. The monoisotopic (exact) mass is 169 g/mol. The van der Waals surface area contributed by atoms with E-state index in [0.29, 0.717) is 0 Å². The first-order valence-corrected chi connectivity index (χ1v) is 3.54. The van der Waals surface area contributed by atoms with Gasteiger partial charge in [-0.15, -0.1) is 0 Å². The standard InChI is InChI=1S/C8H11NO3/c1-6-3-7(8(10)11)9(4-6)5-12-2/h3-4H,5H2,1-2H3,(H,10,11). The van der Waals surface area contributed by atoms with Gasteiger partial charge in [-0.2, -0.15) is 0 Å². The second-order valence-corrected chi connectivity index (χ2v) is 2.60. The summed E-state index contributed by atoms with van der Waals surface area (Å²) in [6, 6.07) is 1.61. The highest BCUT2D eigenvalue weighted by molar-refractivity contribution is 5.86. The number of rotatable bonds is 3. The topological polar surface area (TPSA) is 51.5 Å². The molecule has 0 bridgehead atoms. The lowest BCUT2D eigenvalue weighted by atomic mass is 10.3. The predicted octanol–water partition coefficient (Wildman–Crippen LogP) is 1.10. The molecule has 1 aromatic rings. The van der Waals surface area contributed by atoms with Crippen molar-refractivity contribution in [1.82, 2.24) is 4.57 Å². The van der Waals surface area contributed by atoms with E-state index < -0.39 is 5.97 Å². The summed E-state index contributed by atoms with van der Waals surface area (Å²) in [5, 5.41) is 8.73. The average molecular weight is 169 g/mol. The molecule has 0 aliphatic rings. The van der Waals surface area contributed by atoms with Crippen LogP contribution in [0, 0.1) is 6.92 Å². The molecule has 0 saturated carbocycles. The van der Waals surface area contributed by atoms with Crippen molar-refractivity contribution in [2.75, 3.05) is 7.11 Å². The zero-order valence-corrected chi connectivity index (χ0v) is 7.07. The van der Waals surface area contributed by atoms with E-state index in [1.165, 1.54) is 7.11 Å². The summed E-state index contributed by atoms with van der Waals surface area (Å²) in [6.45, 7) is 2.12. The van der Waals surface area contributed by atoms with Crippen molar-refractivity contribution < 1.29 is 14.6 Å². The van der Waals surface area contributed by atoms with E-state index in [-0.39, 0.29) is 12.4 Å². The number of aryl methyl sites for hydroxylation is 1. The zero-order valence-electron chi connectivity index (χ0n) is 7.07. The van der Waals surface area contributed by atoms with Crippen LogP contribution < -0.4 is 0 Å². The highest BCUT2D eigenvalue weighted by Gasteiger charge is 2.09. The van der Waals surface area contributed by atoms with Crippen molar-refractivity contribution in [3.05, 3.63) is 23.5 Å². The van der Waals surface area contributed by atoms with Crippen molar-refractivity contribution in [1.29, 1.82) is 0 Å². The second kappa shape index (κ2) is 3.40. The number of aromatic nitrogens is 1. The number of nitrogens with zero attached hydrogens (tertiary/aromatic N) is 1. The molecular weight excluding hydrogens is 158 g/mol. The number of aromatic carboxylic acids is 1. The third-order valence-electron chi connectivity index (χ3n) is 1.52. The summed E-state index contributed by atoms with van der Waals surface area (Å²) in [5.41, 5.74) is 1.18. The molecule has 66 valence electrons. The molecule has 0 amide bonds. The predicted molar refractivity (Wildman–Crippen MR) is 43.1 cm³/mol. The first-order valence-electron chi connectivity index (χ1n) is 3.54. The van der Waals surface area contributed by atoms with E-state index in [9.17, 15) is 4.79 Å². The Kier molecular flexibility index (Phi) is 2.50. The van der Waals surface area contributed by atoms with E-state index in [4.69, 9.17) is 9.84 Å². The molecule has 0 unspecified atom stereocenters. The maximum Gasteiger partial charge on any atom is 0.352 e. The summed E-state index contributed by atoms with van der Waals surface area (Å²) in [4.78, 5) is 10.6. The van der Waals surface area contributed by atoms with Crippen molar-refractivity contribution in [2.45, 2.75) is 13.7 Å². The Labute approximate surface area is 70.4 Å². The van der Waals surface area contributed by atoms with E-state index >= 15 is 0 Å². The average Bonchev–Trinajstić information content (AvgIpc) is 2.32. The Balaban J connectivity index is 2.99. The minimum atomic E-state index is -0.930. The van der Waals surface area contributed by atoms with Crippen LogP contribution in [-0.2, 0) is 11.5 Å². The molecule has 4 nitrogen and oxygen atoms in total. The Bertz CT molecular complexity index is 290. The van der Waals surface area contributed by atoms with Crippen molar-refractivity contribution in [3.8, 4) is 0 Å². The van der Waals surface area contributed by atoms with E-state index in [1.54, 1.807) is 16.8 Å². The van der Waals surface area contributed by atoms with Gasteiger partial charge in [0, 0.05) is 13.3 Å². The van der Waals surface area contributed by atoms with E-state index in [1.807, 2.05) is 6.92 Å². The molecule has 0 saturated heterocycles. The van der Waals surface area contributed by atoms with Crippen LogP contribution in [0.2, 0.25) is 0 Å². The molecule has 1 aromatic heterocycles. The number of carboxylic acids is 1. The number of carbonyl (C=O) groups is 1. The maximum atomic E-state index is 10.6. The Morgan fingerprint density at radius 3 is 2.92 bits per heavy atom. The molecule has 0 aliphatic heterocycles. The van der Waals surface area contributed by atoms with E-state index in [2.05, 4.69) is 0 Å². The molecule has 4 heteroatoms. The molecule has 1 rings (SSSR count). The number of carboxylic acid groups (broad SMARTS) is 1. The molecule has 0 aromatic carbocycles. The van der Waals surface area contributed by atoms with Gasteiger partial charge >= 0.3 is 5.97 Å². The van der Waals surface area contributed by atoms with Crippen molar-refractivity contribution in [3.63, 3.8) is 0 Å². The summed E-state index contributed by atoms with van der Waals surface area (Å²) in [6.07, 6.45) is 1.74. The number of ether oxygens (including phenoxy) is 1. The second-order valence-electron chi connectivity index (χ2n) is 2.60. The Morgan fingerprint density at radius 2 is 2.42 bits per heavy atom. The van der Waals surface area contributed by atoms with Crippen molar-refractivity contribution in [2.24, 2.45) is 0 Å². The quantitative estimate of drug-likeness (QED) is 0.737. The summed E-state index contributed by atoms with van der Waals surface area (Å²) >= 11 is 0. The smallest absolute Gasteiger partial charge is 0.352 e. The van der Waals surface area contributed by atoms with Crippen LogP contribution >= 0.6 is 0 Å². The van der Waals surface area contributed by atoms with Gasteiger partial charge in [0.2, 0.25) is 0 Å². The van der Waals surface area contributed by atoms with Crippen LogP contribution in [0.1, 0.15) is 16.1 Å². The normalized spacial score (nSPS) is 10.2. The number of methoxy groups -OCH3 is 1. The van der Waals surface area contributed by atoms with Crippen LogP contribution in [0.5, 0.6) is 0 Å². The third-order valence-corrected chi connectivity index (χ3v) is 1.52. The molecule has 0 spiro atoms. The molecule has 0 aliphatic carbocycles. The van der Waals surface area contributed by atoms with Crippen LogP contribution in [0.25, 0.3) is 0 Å². The first-order chi connectivity index (χ1) is 5.65. The fourth-order valence-corrected chi connectivity index (χ4v) is 1.08.